The van der Waals surface area contributed by atoms with Crippen molar-refractivity contribution in [1.29, 1.82) is 0 Å². The van der Waals surface area contributed by atoms with Crippen LogP contribution in [-0.2, 0) is 22.5 Å². The van der Waals surface area contributed by atoms with Crippen molar-refractivity contribution in [3.63, 3.8) is 0 Å². The number of fused-ring (bicyclic) bond motifs is 1. The number of nitrogens with one attached hydrogen (secondary N) is 1. The van der Waals surface area contributed by atoms with Crippen LogP contribution in [0.25, 0.3) is 0 Å². The third-order valence-corrected chi connectivity index (χ3v) is 7.18. The molecule has 5 nitrogen and oxygen atoms in total. The first-order valence-electron chi connectivity index (χ1n) is 10.8. The number of hydrogen-bond acceptors (Lipinski definition) is 4. The fourth-order valence-corrected chi connectivity index (χ4v) is 5.69. The van der Waals surface area contributed by atoms with Crippen LogP contribution in [0.1, 0.15) is 29.7 Å². The minimum absolute atomic E-state index is 0.0146. The third kappa shape index (κ3) is 3.63. The highest BCUT2D eigenvalue weighted by molar-refractivity contribution is 5.78. The Bertz CT molecular complexity index is 934. The fraction of sp³-hybridized carbons (Fsp3) is 0.500. The molecule has 1 aromatic heterocycles. The molecule has 3 fully saturated rings. The second-order valence-corrected chi connectivity index (χ2v) is 9.05. The van der Waals surface area contributed by atoms with Crippen LogP contribution < -0.4 is 5.32 Å². The quantitative estimate of drug-likeness (QED) is 0.797. The van der Waals surface area contributed by atoms with E-state index in [-0.39, 0.29) is 29.9 Å². The summed E-state index contributed by atoms with van der Waals surface area (Å²) in [7, 11) is 0. The Balaban J connectivity index is 1.20. The molecular formula is C24H28FN3O2. The summed E-state index contributed by atoms with van der Waals surface area (Å²) in [6, 6.07) is 10.3. The second kappa shape index (κ2) is 7.75. The van der Waals surface area contributed by atoms with E-state index in [1.54, 1.807) is 12.1 Å². The predicted octanol–water partition coefficient (Wildman–Crippen LogP) is 2.87. The van der Waals surface area contributed by atoms with E-state index < -0.39 is 0 Å². The van der Waals surface area contributed by atoms with E-state index >= 15 is 0 Å². The lowest BCUT2D eigenvalue weighted by atomic mass is 9.73. The van der Waals surface area contributed by atoms with Crippen LogP contribution in [0.5, 0.6) is 0 Å². The average Bonchev–Trinajstić information content (AvgIpc) is 3.38. The molecule has 4 heterocycles. The molecule has 4 atom stereocenters. The summed E-state index contributed by atoms with van der Waals surface area (Å²) in [6.45, 7) is 5.57. The summed E-state index contributed by atoms with van der Waals surface area (Å²) in [4.78, 5) is 19.3. The highest BCUT2D eigenvalue weighted by Crippen LogP contribution is 2.54. The number of amides is 1. The van der Waals surface area contributed by atoms with Gasteiger partial charge in [0.15, 0.2) is 0 Å². The Labute approximate surface area is 176 Å². The minimum atomic E-state index is -0.282. The van der Waals surface area contributed by atoms with E-state index in [0.29, 0.717) is 18.4 Å². The number of hydrogen-bond donors (Lipinski definition) is 1. The van der Waals surface area contributed by atoms with E-state index in [9.17, 15) is 9.18 Å². The van der Waals surface area contributed by atoms with Crippen molar-refractivity contribution in [2.24, 2.45) is 11.8 Å². The molecule has 3 saturated heterocycles. The third-order valence-electron chi connectivity index (χ3n) is 7.18. The Hall–Kier alpha value is -2.31. The monoisotopic (exact) mass is 409 g/mol. The van der Waals surface area contributed by atoms with Gasteiger partial charge < -0.3 is 10.1 Å². The number of likely N-dealkylation sites (tertiary alicyclic amines) is 1. The molecule has 1 N–H and O–H groups in total. The fourth-order valence-electron chi connectivity index (χ4n) is 5.69. The molecule has 1 aromatic carbocycles. The number of carbonyl (C=O) groups excluding carboxylic acids is 1. The van der Waals surface area contributed by atoms with Crippen molar-refractivity contribution >= 4 is 5.91 Å². The maximum atomic E-state index is 13.1. The number of halogens is 1. The van der Waals surface area contributed by atoms with Gasteiger partial charge in [-0.25, -0.2) is 4.39 Å². The molecule has 158 valence electrons. The molecule has 1 spiro atoms. The first-order chi connectivity index (χ1) is 14.5. The molecule has 3 aliphatic heterocycles. The maximum Gasteiger partial charge on any atom is 0.224 e. The van der Waals surface area contributed by atoms with Gasteiger partial charge in [0, 0.05) is 49.9 Å². The molecule has 0 aliphatic carbocycles. The van der Waals surface area contributed by atoms with Crippen LogP contribution in [0.4, 0.5) is 4.39 Å². The number of aromatic nitrogens is 1. The lowest BCUT2D eigenvalue weighted by Crippen LogP contribution is -2.42. The Morgan fingerprint density at radius 3 is 2.97 bits per heavy atom. The van der Waals surface area contributed by atoms with Gasteiger partial charge in [-0.3, -0.25) is 14.7 Å². The molecule has 0 unspecified atom stereocenters. The number of rotatable bonds is 6. The van der Waals surface area contributed by atoms with Crippen molar-refractivity contribution in [2.75, 3.05) is 19.6 Å². The topological polar surface area (TPSA) is 54.5 Å². The molecule has 0 radical (unpaired) electrons. The summed E-state index contributed by atoms with van der Waals surface area (Å²) < 4.78 is 19.6. The number of nitrogens with zero attached hydrogens (tertiary/aromatic N) is 2. The standard InChI is InChI=1S/C24H28FN3O2/c1-16-18(3-2-10-26-16)13-28-14-21-20(22-8-9-24(21,15-28)30-22)12-27-23(29)11-17-4-6-19(25)7-5-17/h2-7,10,20-22H,8-9,11-15H2,1H3,(H,27,29)/t20-,21+,22+,24+/m0/s1. The van der Waals surface area contributed by atoms with Gasteiger partial charge in [-0.2, -0.15) is 0 Å². The van der Waals surface area contributed by atoms with Crippen molar-refractivity contribution in [1.82, 2.24) is 15.2 Å². The van der Waals surface area contributed by atoms with E-state index in [2.05, 4.69) is 28.2 Å². The van der Waals surface area contributed by atoms with Crippen molar-refractivity contribution < 1.29 is 13.9 Å². The number of benzene rings is 1. The zero-order valence-corrected chi connectivity index (χ0v) is 17.3. The van der Waals surface area contributed by atoms with E-state index in [1.165, 1.54) is 17.7 Å². The van der Waals surface area contributed by atoms with Gasteiger partial charge in [0.1, 0.15) is 5.82 Å². The van der Waals surface area contributed by atoms with Gasteiger partial charge in [0.2, 0.25) is 5.91 Å². The minimum Gasteiger partial charge on any atom is -0.370 e. The molecule has 0 saturated carbocycles. The molecule has 2 bridgehead atoms. The largest absolute Gasteiger partial charge is 0.370 e. The number of carbonyl (C=O) groups is 1. The molecule has 1 amide bonds. The van der Waals surface area contributed by atoms with Gasteiger partial charge in [-0.05, 0) is 49.1 Å². The number of aryl methyl sites for hydroxylation is 1. The lowest BCUT2D eigenvalue weighted by molar-refractivity contribution is -0.120. The molecule has 5 rings (SSSR count). The average molecular weight is 410 g/mol. The summed E-state index contributed by atoms with van der Waals surface area (Å²) in [5.74, 6) is 0.519. The maximum absolute atomic E-state index is 13.1. The van der Waals surface area contributed by atoms with Crippen molar-refractivity contribution in [3.05, 3.63) is 65.2 Å². The molecule has 6 heteroatoms. The molecule has 2 aromatic rings. The number of pyridine rings is 1. The normalized spacial score (nSPS) is 29.9. The zero-order chi connectivity index (χ0) is 20.7. The zero-order valence-electron chi connectivity index (χ0n) is 17.3. The summed E-state index contributed by atoms with van der Waals surface area (Å²) in [5.41, 5.74) is 3.13. The van der Waals surface area contributed by atoms with E-state index in [1.807, 2.05) is 12.3 Å². The van der Waals surface area contributed by atoms with Crippen LogP contribution in [-0.4, -0.2) is 47.1 Å². The highest BCUT2D eigenvalue weighted by Gasteiger charge is 2.62. The number of ether oxygens (including phenoxy) is 1. The van der Waals surface area contributed by atoms with Gasteiger partial charge >= 0.3 is 0 Å². The predicted molar refractivity (Wildman–Crippen MR) is 111 cm³/mol. The van der Waals surface area contributed by atoms with Gasteiger partial charge in [0.25, 0.3) is 0 Å². The van der Waals surface area contributed by atoms with E-state index in [0.717, 1.165) is 43.7 Å². The van der Waals surface area contributed by atoms with Crippen molar-refractivity contribution in [3.8, 4) is 0 Å². The smallest absolute Gasteiger partial charge is 0.224 e. The second-order valence-electron chi connectivity index (χ2n) is 9.05. The van der Waals surface area contributed by atoms with Gasteiger partial charge in [0.05, 0.1) is 18.1 Å². The molecular weight excluding hydrogens is 381 g/mol. The first kappa shape index (κ1) is 19.6. The van der Waals surface area contributed by atoms with Crippen LogP contribution in [0.2, 0.25) is 0 Å². The van der Waals surface area contributed by atoms with Crippen LogP contribution in [0, 0.1) is 24.6 Å². The Morgan fingerprint density at radius 2 is 2.17 bits per heavy atom. The summed E-state index contributed by atoms with van der Waals surface area (Å²) >= 11 is 0. The van der Waals surface area contributed by atoms with Crippen LogP contribution in [0.3, 0.4) is 0 Å². The Morgan fingerprint density at radius 1 is 1.33 bits per heavy atom. The van der Waals surface area contributed by atoms with Crippen LogP contribution in [0.15, 0.2) is 42.6 Å². The van der Waals surface area contributed by atoms with Crippen molar-refractivity contribution in [2.45, 2.75) is 44.4 Å². The highest BCUT2D eigenvalue weighted by atomic mass is 19.1. The Kier molecular flexibility index (Phi) is 5.07. The summed E-state index contributed by atoms with van der Waals surface area (Å²) in [6.07, 6.45) is 4.56. The summed E-state index contributed by atoms with van der Waals surface area (Å²) in [5, 5.41) is 3.11. The van der Waals surface area contributed by atoms with Crippen LogP contribution >= 0.6 is 0 Å². The SMILES string of the molecule is Cc1ncccc1CN1C[C@@H]2[C@H](CNC(=O)Cc3ccc(F)cc3)[C@H]3CC[C@]2(C1)O3. The van der Waals surface area contributed by atoms with E-state index in [4.69, 9.17) is 4.74 Å². The van der Waals surface area contributed by atoms with Gasteiger partial charge in [-0.15, -0.1) is 0 Å². The lowest BCUT2D eigenvalue weighted by Gasteiger charge is -2.29. The molecule has 3 aliphatic rings. The first-order valence-corrected chi connectivity index (χ1v) is 10.8. The molecule has 30 heavy (non-hydrogen) atoms. The van der Waals surface area contributed by atoms with Gasteiger partial charge in [-0.1, -0.05) is 18.2 Å².